The van der Waals surface area contributed by atoms with Crippen molar-refractivity contribution in [1.82, 2.24) is 0 Å². The molecule has 0 bridgehead atoms. The van der Waals surface area contributed by atoms with Gasteiger partial charge in [-0.25, -0.2) is 0 Å². The summed E-state index contributed by atoms with van der Waals surface area (Å²) in [6, 6.07) is 55.7. The molecule has 9 aromatic rings. The first-order chi connectivity index (χ1) is 25.1. The third-order valence-corrected chi connectivity index (χ3v) is 10.3. The minimum absolute atomic E-state index is 0.913. The Labute approximate surface area is 299 Å². The summed E-state index contributed by atoms with van der Waals surface area (Å²) in [4.78, 5) is 0. The predicted molar refractivity (Wildman–Crippen MR) is 219 cm³/mol. The Morgan fingerprint density at radius 2 is 1.00 bits per heavy atom. The number of para-hydroxylation sites is 1. The van der Waals surface area contributed by atoms with E-state index in [0.717, 1.165) is 28.4 Å². The first-order valence-electron chi connectivity index (χ1n) is 17.9. The Kier molecular flexibility index (Phi) is 7.63. The Hall–Kier alpha value is -6.18. The largest absolute Gasteiger partial charge is 0.456 e. The van der Waals surface area contributed by atoms with Crippen molar-refractivity contribution in [2.24, 2.45) is 0 Å². The molecule has 1 aromatic heterocycles. The maximum atomic E-state index is 6.18. The molecular formula is C50H38O. The highest BCUT2D eigenvalue weighted by Gasteiger charge is 2.19. The molecule has 0 atom stereocenters. The molecule has 0 N–H and O–H groups in total. The molecular weight excluding hydrogens is 617 g/mol. The van der Waals surface area contributed by atoms with Crippen molar-refractivity contribution in [1.29, 1.82) is 0 Å². The van der Waals surface area contributed by atoms with Crippen LogP contribution < -0.4 is 0 Å². The standard InChI is InChI=1S/C50H38O/c1-4-5-13-34-28-36(22-21-33(34)3)35-14-11-16-40(29-35)49-42-18-6-7-19-43(42)50(39-15-10-12-32(2)27-39)46-31-37(23-25-44(46)49)38-24-26-48-45(30-38)41-17-8-9-20-47(41)51-48/h5-31H,4H2,1-3H3/b13-5-. The number of allylic oxidation sites excluding steroid dienone is 1. The Morgan fingerprint density at radius 1 is 0.431 bits per heavy atom. The van der Waals surface area contributed by atoms with Crippen LogP contribution in [0.15, 0.2) is 162 Å². The fourth-order valence-corrected chi connectivity index (χ4v) is 7.78. The molecule has 1 heterocycles. The van der Waals surface area contributed by atoms with Crippen molar-refractivity contribution >= 4 is 49.6 Å². The molecule has 0 aliphatic heterocycles. The molecule has 0 aliphatic carbocycles. The van der Waals surface area contributed by atoms with Crippen LogP contribution >= 0.6 is 0 Å². The third kappa shape index (κ3) is 5.43. The van der Waals surface area contributed by atoms with Crippen LogP contribution in [-0.2, 0) is 0 Å². The molecule has 1 nitrogen and oxygen atoms in total. The van der Waals surface area contributed by atoms with E-state index in [1.54, 1.807) is 0 Å². The Balaban J connectivity index is 1.30. The highest BCUT2D eigenvalue weighted by atomic mass is 16.3. The monoisotopic (exact) mass is 654 g/mol. The lowest BCUT2D eigenvalue weighted by atomic mass is 9.84. The van der Waals surface area contributed by atoms with Crippen molar-refractivity contribution in [2.45, 2.75) is 27.2 Å². The van der Waals surface area contributed by atoms with Crippen molar-refractivity contribution in [3.05, 3.63) is 174 Å². The normalized spacial score (nSPS) is 11.8. The van der Waals surface area contributed by atoms with Gasteiger partial charge in [0, 0.05) is 10.8 Å². The average Bonchev–Trinajstić information content (AvgIpc) is 3.54. The highest BCUT2D eigenvalue weighted by molar-refractivity contribution is 6.22. The predicted octanol–water partition coefficient (Wildman–Crippen LogP) is 14.6. The number of rotatable bonds is 6. The minimum atomic E-state index is 0.913. The number of benzene rings is 8. The van der Waals surface area contributed by atoms with Crippen molar-refractivity contribution in [3.63, 3.8) is 0 Å². The number of aryl methyl sites for hydroxylation is 2. The smallest absolute Gasteiger partial charge is 0.135 e. The summed E-state index contributed by atoms with van der Waals surface area (Å²) in [7, 11) is 0. The second-order valence-corrected chi connectivity index (χ2v) is 13.7. The van der Waals surface area contributed by atoms with Gasteiger partial charge in [-0.3, -0.25) is 0 Å². The Morgan fingerprint density at radius 3 is 1.78 bits per heavy atom. The quantitative estimate of drug-likeness (QED) is 0.163. The molecule has 8 aromatic carbocycles. The van der Waals surface area contributed by atoms with E-state index in [1.165, 1.54) is 82.7 Å². The topological polar surface area (TPSA) is 13.1 Å². The molecule has 244 valence electrons. The summed E-state index contributed by atoms with van der Waals surface area (Å²) in [5, 5.41) is 7.29. The van der Waals surface area contributed by atoms with E-state index in [9.17, 15) is 0 Å². The van der Waals surface area contributed by atoms with Crippen molar-refractivity contribution < 1.29 is 4.42 Å². The second kappa shape index (κ2) is 12.6. The summed E-state index contributed by atoms with van der Waals surface area (Å²) in [6.07, 6.45) is 5.51. The molecule has 0 spiro atoms. The number of furan rings is 1. The van der Waals surface area contributed by atoms with E-state index in [4.69, 9.17) is 4.42 Å². The van der Waals surface area contributed by atoms with Gasteiger partial charge < -0.3 is 4.42 Å². The maximum Gasteiger partial charge on any atom is 0.135 e. The molecule has 0 saturated carbocycles. The zero-order chi connectivity index (χ0) is 34.5. The SMILES string of the molecule is CC/C=C\c1cc(-c2cccc(-c3c4ccccc4c(-c4cccc(C)c4)c4cc(-c5ccc6oc7ccccc7c6c5)ccc34)c2)ccc1C. The number of fused-ring (bicyclic) bond motifs is 5. The fourth-order valence-electron chi connectivity index (χ4n) is 7.78. The lowest BCUT2D eigenvalue weighted by Crippen LogP contribution is -1.92. The highest BCUT2D eigenvalue weighted by Crippen LogP contribution is 2.46. The van der Waals surface area contributed by atoms with Crippen molar-refractivity contribution in [2.75, 3.05) is 0 Å². The molecule has 51 heavy (non-hydrogen) atoms. The molecule has 0 aliphatic rings. The van der Waals surface area contributed by atoms with Gasteiger partial charge in [-0.15, -0.1) is 0 Å². The second-order valence-electron chi connectivity index (χ2n) is 13.7. The van der Waals surface area contributed by atoms with E-state index in [2.05, 4.69) is 172 Å². The van der Waals surface area contributed by atoms with E-state index < -0.39 is 0 Å². The van der Waals surface area contributed by atoms with Gasteiger partial charge in [-0.1, -0.05) is 140 Å². The van der Waals surface area contributed by atoms with Gasteiger partial charge in [0.2, 0.25) is 0 Å². The van der Waals surface area contributed by atoms with E-state index >= 15 is 0 Å². The summed E-state index contributed by atoms with van der Waals surface area (Å²) < 4.78 is 6.18. The van der Waals surface area contributed by atoms with E-state index in [-0.39, 0.29) is 0 Å². The molecule has 1 heteroatoms. The summed E-state index contributed by atoms with van der Waals surface area (Å²) in [5.41, 5.74) is 15.4. The van der Waals surface area contributed by atoms with Crippen molar-refractivity contribution in [3.8, 4) is 44.5 Å². The molecule has 9 rings (SSSR count). The van der Waals surface area contributed by atoms with Gasteiger partial charge in [0.05, 0.1) is 0 Å². The van der Waals surface area contributed by atoms with Gasteiger partial charge in [0.1, 0.15) is 11.2 Å². The lowest BCUT2D eigenvalue weighted by Gasteiger charge is -2.19. The lowest BCUT2D eigenvalue weighted by molar-refractivity contribution is 0.669. The molecule has 0 amide bonds. The van der Waals surface area contributed by atoms with Gasteiger partial charge in [0.25, 0.3) is 0 Å². The third-order valence-electron chi connectivity index (χ3n) is 10.3. The van der Waals surface area contributed by atoms with Gasteiger partial charge in [-0.05, 0) is 134 Å². The fraction of sp³-hybridized carbons (Fsp3) is 0.0800. The molecule has 0 fully saturated rings. The summed E-state index contributed by atoms with van der Waals surface area (Å²) in [6.45, 7) is 6.55. The molecule has 0 radical (unpaired) electrons. The van der Waals surface area contributed by atoms with Crippen LogP contribution in [0.25, 0.3) is 94.1 Å². The summed E-state index contributed by atoms with van der Waals surface area (Å²) in [5.74, 6) is 0. The van der Waals surface area contributed by atoms with Crippen LogP contribution in [0, 0.1) is 13.8 Å². The minimum Gasteiger partial charge on any atom is -0.456 e. The van der Waals surface area contributed by atoms with Crippen LogP contribution in [0.5, 0.6) is 0 Å². The van der Waals surface area contributed by atoms with Crippen LogP contribution in [0.2, 0.25) is 0 Å². The Bertz CT molecular complexity index is 2810. The van der Waals surface area contributed by atoms with Crippen LogP contribution in [-0.4, -0.2) is 0 Å². The van der Waals surface area contributed by atoms with Gasteiger partial charge in [-0.2, -0.15) is 0 Å². The zero-order valence-corrected chi connectivity index (χ0v) is 29.2. The zero-order valence-electron chi connectivity index (χ0n) is 29.2. The first kappa shape index (κ1) is 30.8. The maximum absolute atomic E-state index is 6.18. The van der Waals surface area contributed by atoms with Crippen LogP contribution in [0.3, 0.4) is 0 Å². The van der Waals surface area contributed by atoms with E-state index in [1.807, 2.05) is 12.1 Å². The number of hydrogen-bond donors (Lipinski definition) is 0. The van der Waals surface area contributed by atoms with Crippen LogP contribution in [0.4, 0.5) is 0 Å². The average molecular weight is 655 g/mol. The summed E-state index contributed by atoms with van der Waals surface area (Å²) >= 11 is 0. The van der Waals surface area contributed by atoms with Crippen LogP contribution in [0.1, 0.15) is 30.0 Å². The number of hydrogen-bond acceptors (Lipinski definition) is 1. The first-order valence-corrected chi connectivity index (χ1v) is 17.9. The van der Waals surface area contributed by atoms with Gasteiger partial charge >= 0.3 is 0 Å². The van der Waals surface area contributed by atoms with E-state index in [0.29, 0.717) is 0 Å². The van der Waals surface area contributed by atoms with Gasteiger partial charge in [0.15, 0.2) is 0 Å². The molecule has 0 unspecified atom stereocenters. The molecule has 0 saturated heterocycles.